The molecule has 0 saturated heterocycles. The Morgan fingerprint density at radius 2 is 2.12 bits per heavy atom. The van der Waals surface area contributed by atoms with Gasteiger partial charge in [0.05, 0.1) is 12.0 Å². The number of hydrogen-bond donors (Lipinski definition) is 0. The van der Waals surface area contributed by atoms with Crippen molar-refractivity contribution in [1.82, 2.24) is 0 Å². The standard InChI is InChI=1S/C20H20O5/c1-4-7-8-14(5-2)18-12-17(21)16-10-9-15(11-19(16)25-18)24-13-20(22)23-6-3/h4-5,7-12H,2,6,13H2,1,3H3/b7-4-,14-8+. The molecule has 0 atom stereocenters. The normalized spacial score (nSPS) is 11.7. The highest BCUT2D eigenvalue weighted by atomic mass is 16.6. The summed E-state index contributed by atoms with van der Waals surface area (Å²) in [5.74, 6) is 0.368. The van der Waals surface area contributed by atoms with E-state index in [-0.39, 0.29) is 12.0 Å². The molecule has 1 aromatic heterocycles. The molecule has 0 unspecified atom stereocenters. The van der Waals surface area contributed by atoms with Crippen molar-refractivity contribution < 1.29 is 18.7 Å². The zero-order valence-corrected chi connectivity index (χ0v) is 14.3. The van der Waals surface area contributed by atoms with Gasteiger partial charge in [0, 0.05) is 17.7 Å². The average Bonchev–Trinajstić information content (AvgIpc) is 2.60. The fourth-order valence-corrected chi connectivity index (χ4v) is 2.16. The first-order valence-electron chi connectivity index (χ1n) is 7.91. The van der Waals surface area contributed by atoms with Gasteiger partial charge in [-0.25, -0.2) is 4.79 Å². The minimum absolute atomic E-state index is 0.165. The summed E-state index contributed by atoms with van der Waals surface area (Å²) in [6.07, 6.45) is 7.12. The summed E-state index contributed by atoms with van der Waals surface area (Å²) in [6.45, 7) is 7.44. The molecule has 1 aromatic carbocycles. The van der Waals surface area contributed by atoms with Crippen LogP contribution in [0, 0.1) is 0 Å². The van der Waals surface area contributed by atoms with Crippen LogP contribution in [0.1, 0.15) is 19.6 Å². The van der Waals surface area contributed by atoms with Crippen LogP contribution < -0.4 is 10.2 Å². The van der Waals surface area contributed by atoms with Crippen molar-refractivity contribution in [3.05, 3.63) is 71.1 Å². The zero-order chi connectivity index (χ0) is 18.2. The third-order valence-corrected chi connectivity index (χ3v) is 3.34. The molecule has 2 rings (SSSR count). The molecule has 0 fully saturated rings. The molecule has 1 heterocycles. The van der Waals surface area contributed by atoms with Gasteiger partial charge in [0.1, 0.15) is 17.1 Å². The molecule has 0 radical (unpaired) electrons. The first kappa shape index (κ1) is 18.3. The highest BCUT2D eigenvalue weighted by Crippen LogP contribution is 2.23. The predicted molar refractivity (Wildman–Crippen MR) is 97.6 cm³/mol. The van der Waals surface area contributed by atoms with Gasteiger partial charge in [-0.05, 0) is 26.0 Å². The maximum atomic E-state index is 12.3. The van der Waals surface area contributed by atoms with Crippen LogP contribution in [-0.4, -0.2) is 19.2 Å². The summed E-state index contributed by atoms with van der Waals surface area (Å²) in [7, 11) is 0. The fourth-order valence-electron chi connectivity index (χ4n) is 2.16. The Labute approximate surface area is 145 Å². The number of esters is 1. The summed E-state index contributed by atoms with van der Waals surface area (Å²) in [4.78, 5) is 23.7. The van der Waals surface area contributed by atoms with Crippen LogP contribution >= 0.6 is 0 Å². The molecule has 0 aliphatic rings. The van der Waals surface area contributed by atoms with E-state index in [2.05, 4.69) is 6.58 Å². The number of fused-ring (bicyclic) bond motifs is 1. The van der Waals surface area contributed by atoms with E-state index in [4.69, 9.17) is 13.9 Å². The number of benzene rings is 1. The van der Waals surface area contributed by atoms with E-state index in [1.807, 2.05) is 19.1 Å². The smallest absolute Gasteiger partial charge is 0.344 e. The Morgan fingerprint density at radius 1 is 1.32 bits per heavy atom. The molecule has 0 amide bonds. The van der Waals surface area contributed by atoms with E-state index >= 15 is 0 Å². The van der Waals surface area contributed by atoms with Crippen molar-refractivity contribution in [2.45, 2.75) is 13.8 Å². The Balaban J connectivity index is 2.38. The van der Waals surface area contributed by atoms with Crippen molar-refractivity contribution in [3.8, 4) is 5.75 Å². The lowest BCUT2D eigenvalue weighted by atomic mass is 10.1. The number of rotatable bonds is 7. The Kier molecular flexibility index (Phi) is 6.34. The molecule has 0 aliphatic heterocycles. The zero-order valence-electron chi connectivity index (χ0n) is 14.3. The molecule has 0 N–H and O–H groups in total. The lowest BCUT2D eigenvalue weighted by molar-refractivity contribution is -0.145. The van der Waals surface area contributed by atoms with Crippen LogP contribution in [0.5, 0.6) is 5.75 Å². The van der Waals surface area contributed by atoms with Crippen molar-refractivity contribution in [3.63, 3.8) is 0 Å². The van der Waals surface area contributed by atoms with Crippen molar-refractivity contribution in [1.29, 1.82) is 0 Å². The first-order chi connectivity index (χ1) is 12.1. The summed E-state index contributed by atoms with van der Waals surface area (Å²) in [6, 6.07) is 6.23. The number of ether oxygens (including phenoxy) is 2. The van der Waals surface area contributed by atoms with E-state index in [9.17, 15) is 9.59 Å². The molecule has 0 spiro atoms. The third-order valence-electron chi connectivity index (χ3n) is 3.34. The van der Waals surface area contributed by atoms with Gasteiger partial charge in [-0.3, -0.25) is 4.79 Å². The van der Waals surface area contributed by atoms with Crippen LogP contribution in [0.15, 0.2) is 64.4 Å². The molecule has 5 nitrogen and oxygen atoms in total. The minimum Gasteiger partial charge on any atom is -0.482 e. The van der Waals surface area contributed by atoms with Crippen molar-refractivity contribution in [2.24, 2.45) is 0 Å². The second-order valence-corrected chi connectivity index (χ2v) is 5.08. The topological polar surface area (TPSA) is 65.7 Å². The molecular weight excluding hydrogens is 320 g/mol. The maximum Gasteiger partial charge on any atom is 0.344 e. The van der Waals surface area contributed by atoms with Gasteiger partial charge in [0.2, 0.25) is 0 Å². The lowest BCUT2D eigenvalue weighted by Crippen LogP contribution is -2.14. The van der Waals surface area contributed by atoms with Gasteiger partial charge in [-0.2, -0.15) is 0 Å². The fraction of sp³-hybridized carbons (Fsp3) is 0.200. The number of hydrogen-bond acceptors (Lipinski definition) is 5. The van der Waals surface area contributed by atoms with Crippen molar-refractivity contribution in [2.75, 3.05) is 13.2 Å². The molecule has 130 valence electrons. The van der Waals surface area contributed by atoms with E-state index in [0.29, 0.717) is 34.7 Å². The van der Waals surface area contributed by atoms with Crippen LogP contribution in [0.4, 0.5) is 0 Å². The SMILES string of the molecule is C=C/C(=C\C=C/C)c1cc(=O)c2ccc(OCC(=O)OCC)cc2o1. The number of carbonyl (C=O) groups excluding carboxylic acids is 1. The largest absolute Gasteiger partial charge is 0.482 e. The monoisotopic (exact) mass is 340 g/mol. The van der Waals surface area contributed by atoms with Gasteiger partial charge in [0.15, 0.2) is 12.0 Å². The van der Waals surface area contributed by atoms with Crippen LogP contribution in [0.25, 0.3) is 16.5 Å². The molecule has 25 heavy (non-hydrogen) atoms. The Morgan fingerprint density at radius 3 is 2.80 bits per heavy atom. The molecule has 0 aliphatic carbocycles. The van der Waals surface area contributed by atoms with Crippen LogP contribution in [0.2, 0.25) is 0 Å². The molecule has 2 aromatic rings. The lowest BCUT2D eigenvalue weighted by Gasteiger charge is -2.07. The second-order valence-electron chi connectivity index (χ2n) is 5.08. The van der Waals surface area contributed by atoms with Gasteiger partial charge in [0.25, 0.3) is 0 Å². The summed E-state index contributed by atoms with van der Waals surface area (Å²) >= 11 is 0. The van der Waals surface area contributed by atoms with E-state index < -0.39 is 5.97 Å². The number of carbonyl (C=O) groups is 1. The highest BCUT2D eigenvalue weighted by molar-refractivity contribution is 5.81. The van der Waals surface area contributed by atoms with Gasteiger partial charge >= 0.3 is 5.97 Å². The number of allylic oxidation sites excluding steroid dienone is 5. The highest BCUT2D eigenvalue weighted by Gasteiger charge is 2.09. The van der Waals surface area contributed by atoms with Crippen molar-refractivity contribution >= 4 is 22.5 Å². The average molecular weight is 340 g/mol. The van der Waals surface area contributed by atoms with E-state index in [1.54, 1.807) is 37.3 Å². The van der Waals surface area contributed by atoms with E-state index in [0.717, 1.165) is 0 Å². The van der Waals surface area contributed by atoms with Crippen LogP contribution in [0.3, 0.4) is 0 Å². The first-order valence-corrected chi connectivity index (χ1v) is 7.91. The quantitative estimate of drug-likeness (QED) is 0.565. The summed E-state index contributed by atoms with van der Waals surface area (Å²) in [5, 5.41) is 0.432. The van der Waals surface area contributed by atoms with Crippen LogP contribution in [-0.2, 0) is 9.53 Å². The summed E-state index contributed by atoms with van der Waals surface area (Å²) in [5.41, 5.74) is 0.897. The molecule has 0 bridgehead atoms. The Bertz CT molecular complexity index is 887. The third kappa shape index (κ3) is 4.70. The Hall–Kier alpha value is -3.08. The van der Waals surface area contributed by atoms with Gasteiger partial charge < -0.3 is 13.9 Å². The summed E-state index contributed by atoms with van der Waals surface area (Å²) < 4.78 is 16.0. The minimum atomic E-state index is -0.457. The predicted octanol–water partition coefficient (Wildman–Crippen LogP) is 3.88. The van der Waals surface area contributed by atoms with E-state index in [1.165, 1.54) is 6.07 Å². The van der Waals surface area contributed by atoms with Gasteiger partial charge in [-0.15, -0.1) is 0 Å². The molecule has 5 heteroatoms. The van der Waals surface area contributed by atoms with Gasteiger partial charge in [-0.1, -0.05) is 30.9 Å². The molecular formula is C20H20O5. The second kappa shape index (κ2) is 8.68. The molecule has 0 saturated carbocycles. The maximum absolute atomic E-state index is 12.3.